The molecule has 1 saturated heterocycles. The van der Waals surface area contributed by atoms with Crippen molar-refractivity contribution in [3.8, 4) is 0 Å². The molecular formula is C27H41FN2O6. The Morgan fingerprint density at radius 2 is 2.00 bits per heavy atom. The van der Waals surface area contributed by atoms with Crippen molar-refractivity contribution in [2.24, 2.45) is 5.92 Å². The second-order valence-electron chi connectivity index (χ2n) is 9.74. The molecule has 0 aromatic heterocycles. The van der Waals surface area contributed by atoms with Gasteiger partial charge in [-0.05, 0) is 49.0 Å². The van der Waals surface area contributed by atoms with Gasteiger partial charge in [0.25, 0.3) is 0 Å². The second kappa shape index (κ2) is 15.0. The summed E-state index contributed by atoms with van der Waals surface area (Å²) in [7, 11) is 1.42. The normalized spacial score (nSPS) is 25.2. The van der Waals surface area contributed by atoms with E-state index in [1.807, 2.05) is 0 Å². The Morgan fingerprint density at radius 1 is 1.25 bits per heavy atom. The highest BCUT2D eigenvalue weighted by Gasteiger charge is 2.32. The number of aliphatic hydroxyl groups excluding tert-OH is 2. The average Bonchev–Trinajstić information content (AvgIpc) is 2.82. The molecule has 1 aliphatic rings. The highest BCUT2D eigenvalue weighted by Crippen LogP contribution is 2.18. The van der Waals surface area contributed by atoms with Crippen LogP contribution in [0.15, 0.2) is 30.3 Å². The maximum atomic E-state index is 13.6. The van der Waals surface area contributed by atoms with Crippen LogP contribution in [0, 0.1) is 11.7 Å². The van der Waals surface area contributed by atoms with Gasteiger partial charge in [0.1, 0.15) is 24.1 Å². The molecule has 1 heterocycles. The van der Waals surface area contributed by atoms with Crippen LogP contribution in [0.4, 0.5) is 4.39 Å². The molecule has 0 saturated carbocycles. The number of ether oxygens (including phenoxy) is 2. The summed E-state index contributed by atoms with van der Waals surface area (Å²) in [6, 6.07) is 5.73. The molecule has 1 aromatic rings. The van der Waals surface area contributed by atoms with E-state index in [1.165, 1.54) is 32.2 Å². The van der Waals surface area contributed by atoms with Crippen molar-refractivity contribution < 1.29 is 33.7 Å². The van der Waals surface area contributed by atoms with E-state index in [-0.39, 0.29) is 49.3 Å². The summed E-state index contributed by atoms with van der Waals surface area (Å²) < 4.78 is 24.5. The highest BCUT2D eigenvalue weighted by atomic mass is 19.1. The van der Waals surface area contributed by atoms with E-state index in [0.717, 1.165) is 0 Å². The van der Waals surface area contributed by atoms with Gasteiger partial charge in [0.15, 0.2) is 0 Å². The zero-order chi connectivity index (χ0) is 26.7. The molecule has 0 radical (unpaired) electrons. The number of rotatable bonds is 5. The van der Waals surface area contributed by atoms with Crippen LogP contribution in [0.25, 0.3) is 6.08 Å². The SMILES string of the molecule is CO[C@@H]1CN(C(C)=O)C[C@H](CC(C)C)N(C(=O)/C=C/c2cccc(F)c2)CCCCOC[C@@H](O)[C@H]1O. The molecule has 0 unspecified atom stereocenters. The third kappa shape index (κ3) is 9.61. The minimum absolute atomic E-state index is 0.0554. The number of nitrogens with zero attached hydrogens (tertiary/aromatic N) is 2. The van der Waals surface area contributed by atoms with Crippen molar-refractivity contribution >= 4 is 17.9 Å². The predicted molar refractivity (Wildman–Crippen MR) is 136 cm³/mol. The van der Waals surface area contributed by atoms with Crippen LogP contribution in [0.5, 0.6) is 0 Å². The summed E-state index contributed by atoms with van der Waals surface area (Å²) in [5, 5.41) is 20.9. The molecule has 1 aromatic carbocycles. The van der Waals surface area contributed by atoms with Crippen LogP contribution in [-0.2, 0) is 19.1 Å². The fourth-order valence-corrected chi connectivity index (χ4v) is 4.35. The summed E-state index contributed by atoms with van der Waals surface area (Å²) in [6.45, 7) is 6.63. The van der Waals surface area contributed by atoms with Crippen LogP contribution < -0.4 is 0 Å². The third-order valence-electron chi connectivity index (χ3n) is 6.32. The molecule has 8 nitrogen and oxygen atoms in total. The van der Waals surface area contributed by atoms with Crippen LogP contribution in [0.1, 0.15) is 45.6 Å². The number of carbonyl (C=O) groups excluding carboxylic acids is 2. The molecule has 36 heavy (non-hydrogen) atoms. The molecule has 202 valence electrons. The van der Waals surface area contributed by atoms with Crippen LogP contribution in [0.2, 0.25) is 0 Å². The lowest BCUT2D eigenvalue weighted by molar-refractivity contribution is -0.140. The smallest absolute Gasteiger partial charge is 0.246 e. The quantitative estimate of drug-likeness (QED) is 0.593. The van der Waals surface area contributed by atoms with Crippen molar-refractivity contribution in [1.82, 2.24) is 9.80 Å². The van der Waals surface area contributed by atoms with E-state index >= 15 is 0 Å². The molecule has 2 amide bonds. The molecular weight excluding hydrogens is 467 g/mol. The van der Waals surface area contributed by atoms with Crippen molar-refractivity contribution in [2.75, 3.05) is 40.0 Å². The zero-order valence-corrected chi connectivity index (χ0v) is 21.8. The number of benzene rings is 1. The molecule has 0 bridgehead atoms. The number of hydrogen-bond acceptors (Lipinski definition) is 6. The third-order valence-corrected chi connectivity index (χ3v) is 6.32. The number of carbonyl (C=O) groups is 2. The lowest BCUT2D eigenvalue weighted by atomic mass is 10.00. The monoisotopic (exact) mass is 508 g/mol. The van der Waals surface area contributed by atoms with Crippen molar-refractivity contribution in [3.63, 3.8) is 0 Å². The second-order valence-corrected chi connectivity index (χ2v) is 9.74. The minimum Gasteiger partial charge on any atom is -0.388 e. The highest BCUT2D eigenvalue weighted by molar-refractivity contribution is 5.92. The van der Waals surface area contributed by atoms with Crippen LogP contribution in [-0.4, -0.2) is 96.1 Å². The number of amides is 2. The largest absolute Gasteiger partial charge is 0.388 e. The van der Waals surface area contributed by atoms with Gasteiger partial charge in [-0.15, -0.1) is 0 Å². The summed E-state index contributed by atoms with van der Waals surface area (Å²) >= 11 is 0. The first-order valence-electron chi connectivity index (χ1n) is 12.6. The van der Waals surface area contributed by atoms with Gasteiger partial charge in [-0.25, -0.2) is 4.39 Å². The number of aliphatic hydroxyl groups is 2. The zero-order valence-electron chi connectivity index (χ0n) is 21.8. The van der Waals surface area contributed by atoms with Gasteiger partial charge >= 0.3 is 0 Å². The Bertz CT molecular complexity index is 864. The van der Waals surface area contributed by atoms with Crippen molar-refractivity contribution in [3.05, 3.63) is 41.7 Å². The fraction of sp³-hybridized carbons (Fsp3) is 0.630. The van der Waals surface area contributed by atoms with Crippen molar-refractivity contribution in [1.29, 1.82) is 0 Å². The maximum Gasteiger partial charge on any atom is 0.246 e. The summed E-state index contributed by atoms with van der Waals surface area (Å²) in [5.41, 5.74) is 0.583. The Kier molecular flexibility index (Phi) is 12.5. The summed E-state index contributed by atoms with van der Waals surface area (Å²) in [5.74, 6) is -0.574. The van der Waals surface area contributed by atoms with E-state index in [0.29, 0.717) is 38.0 Å². The van der Waals surface area contributed by atoms with Crippen LogP contribution >= 0.6 is 0 Å². The molecule has 1 aliphatic heterocycles. The van der Waals surface area contributed by atoms with E-state index in [9.17, 15) is 24.2 Å². The Hall–Kier alpha value is -2.33. The Labute approximate surface area is 213 Å². The fourth-order valence-electron chi connectivity index (χ4n) is 4.35. The maximum absolute atomic E-state index is 13.6. The number of methoxy groups -OCH3 is 1. The van der Waals surface area contributed by atoms with Gasteiger partial charge < -0.3 is 29.5 Å². The molecule has 1 fully saturated rings. The average molecular weight is 509 g/mol. The van der Waals surface area contributed by atoms with Gasteiger partial charge in [-0.1, -0.05) is 26.0 Å². The van der Waals surface area contributed by atoms with Gasteiger partial charge in [0.05, 0.1) is 6.61 Å². The standard InChI is InChI=1S/C27H41FN2O6/c1-19(2)14-23-16-29(20(3)31)17-25(35-4)27(34)24(32)18-36-13-6-5-12-30(23)26(33)11-10-21-8-7-9-22(28)15-21/h7-11,15,19,23-25,27,32,34H,5-6,12-14,16-18H2,1-4H3/b11-10+/t23-,24+,25+,27+/m0/s1. The van der Waals surface area contributed by atoms with Gasteiger partial charge in [0, 0.05) is 52.4 Å². The number of hydrogen-bond donors (Lipinski definition) is 2. The summed E-state index contributed by atoms with van der Waals surface area (Å²) in [6.07, 6.45) is 1.78. The molecule has 0 aliphatic carbocycles. The predicted octanol–water partition coefficient (Wildman–Crippen LogP) is 2.48. The topological polar surface area (TPSA) is 99.5 Å². The first kappa shape index (κ1) is 29.9. The van der Waals surface area contributed by atoms with Gasteiger partial charge in [0.2, 0.25) is 11.8 Å². The Balaban J connectivity index is 2.36. The Morgan fingerprint density at radius 3 is 2.64 bits per heavy atom. The first-order chi connectivity index (χ1) is 17.1. The van der Waals surface area contributed by atoms with Gasteiger partial charge in [-0.2, -0.15) is 0 Å². The molecule has 9 heteroatoms. The van der Waals surface area contributed by atoms with E-state index in [1.54, 1.807) is 28.0 Å². The lowest BCUT2D eigenvalue weighted by Gasteiger charge is -2.38. The molecule has 2 rings (SSSR count). The van der Waals surface area contributed by atoms with E-state index in [4.69, 9.17) is 9.47 Å². The van der Waals surface area contributed by atoms with E-state index in [2.05, 4.69) is 13.8 Å². The van der Waals surface area contributed by atoms with Gasteiger partial charge in [-0.3, -0.25) is 9.59 Å². The van der Waals surface area contributed by atoms with E-state index < -0.39 is 18.3 Å². The first-order valence-corrected chi connectivity index (χ1v) is 12.6. The van der Waals surface area contributed by atoms with Crippen molar-refractivity contribution in [2.45, 2.75) is 64.4 Å². The molecule has 0 spiro atoms. The number of halogens is 1. The summed E-state index contributed by atoms with van der Waals surface area (Å²) in [4.78, 5) is 29.3. The minimum atomic E-state index is -1.24. The molecule has 4 atom stereocenters. The molecule has 2 N–H and O–H groups in total. The lowest BCUT2D eigenvalue weighted by Crippen LogP contribution is -2.53. The van der Waals surface area contributed by atoms with Crippen LogP contribution in [0.3, 0.4) is 0 Å².